The fourth-order valence-corrected chi connectivity index (χ4v) is 2.55. The van der Waals surface area contributed by atoms with Crippen molar-refractivity contribution in [3.63, 3.8) is 0 Å². The third-order valence-electron chi connectivity index (χ3n) is 3.32. The van der Waals surface area contributed by atoms with E-state index in [4.69, 9.17) is 21.4 Å². The Bertz CT molecular complexity index is 464. The Kier molecular flexibility index (Phi) is 4.80. The van der Waals surface area contributed by atoms with Crippen molar-refractivity contribution in [3.05, 3.63) is 34.3 Å². The number of rotatable bonds is 4. The molecule has 1 saturated heterocycles. The molecule has 5 heteroatoms. The summed E-state index contributed by atoms with van der Waals surface area (Å²) in [6.07, 6.45) is -0.144. The van der Waals surface area contributed by atoms with Crippen molar-refractivity contribution < 1.29 is 14.6 Å². The molecule has 1 aliphatic heterocycles. The number of carbonyl (C=O) groups is 1. The molecule has 1 fully saturated rings. The summed E-state index contributed by atoms with van der Waals surface area (Å²) in [4.78, 5) is 12.9. The van der Waals surface area contributed by atoms with E-state index in [0.717, 1.165) is 23.7 Å². The second-order valence-corrected chi connectivity index (χ2v) is 5.33. The number of benzene rings is 1. The fraction of sp³-hybridized carbons (Fsp3) is 0.500. The Labute approximate surface area is 117 Å². The molecule has 0 aromatic heterocycles. The summed E-state index contributed by atoms with van der Waals surface area (Å²) in [5.41, 5.74) is 2.38. The summed E-state index contributed by atoms with van der Waals surface area (Å²) in [5.74, 6) is -0.811. The first-order chi connectivity index (χ1) is 9.04. The first-order valence-corrected chi connectivity index (χ1v) is 6.73. The lowest BCUT2D eigenvalue weighted by Gasteiger charge is -2.32. The van der Waals surface area contributed by atoms with Gasteiger partial charge >= 0.3 is 5.97 Å². The van der Waals surface area contributed by atoms with Crippen LogP contribution in [-0.2, 0) is 16.1 Å². The Morgan fingerprint density at radius 2 is 2.37 bits per heavy atom. The standard InChI is InChI=1S/C14H18ClNO3/c1-10-6-12(15)3-2-11(10)8-16-4-5-19-13(9-16)7-14(17)18/h2-3,6,13H,4-5,7-9H2,1H3,(H,17,18). The molecule has 1 heterocycles. The molecule has 19 heavy (non-hydrogen) atoms. The van der Waals surface area contributed by atoms with E-state index in [1.54, 1.807) is 0 Å². The van der Waals surface area contributed by atoms with Crippen LogP contribution in [0.4, 0.5) is 0 Å². The lowest BCUT2D eigenvalue weighted by Crippen LogP contribution is -2.42. The molecule has 0 amide bonds. The summed E-state index contributed by atoms with van der Waals surface area (Å²) < 4.78 is 5.46. The number of nitrogens with zero attached hydrogens (tertiary/aromatic N) is 1. The summed E-state index contributed by atoms with van der Waals surface area (Å²) >= 11 is 5.94. The summed E-state index contributed by atoms with van der Waals surface area (Å²) in [5, 5.41) is 9.55. The zero-order valence-corrected chi connectivity index (χ0v) is 11.7. The Hall–Kier alpha value is -1.10. The van der Waals surface area contributed by atoms with Gasteiger partial charge in [-0.05, 0) is 30.2 Å². The van der Waals surface area contributed by atoms with E-state index in [9.17, 15) is 4.79 Å². The lowest BCUT2D eigenvalue weighted by atomic mass is 10.1. The van der Waals surface area contributed by atoms with Gasteiger partial charge in [0, 0.05) is 24.7 Å². The van der Waals surface area contributed by atoms with Crippen LogP contribution in [0.15, 0.2) is 18.2 Å². The molecule has 0 radical (unpaired) electrons. The Morgan fingerprint density at radius 3 is 3.05 bits per heavy atom. The van der Waals surface area contributed by atoms with Gasteiger partial charge in [-0.1, -0.05) is 17.7 Å². The molecule has 1 aromatic rings. The van der Waals surface area contributed by atoms with E-state index in [2.05, 4.69) is 4.90 Å². The monoisotopic (exact) mass is 283 g/mol. The number of aryl methyl sites for hydroxylation is 1. The maximum Gasteiger partial charge on any atom is 0.306 e. The maximum atomic E-state index is 10.7. The zero-order chi connectivity index (χ0) is 13.8. The molecule has 104 valence electrons. The van der Waals surface area contributed by atoms with Gasteiger partial charge in [0.15, 0.2) is 0 Å². The smallest absolute Gasteiger partial charge is 0.306 e. The molecule has 1 atom stereocenters. The SMILES string of the molecule is Cc1cc(Cl)ccc1CN1CCOC(CC(=O)O)C1. The first-order valence-electron chi connectivity index (χ1n) is 6.35. The van der Waals surface area contributed by atoms with E-state index in [1.807, 2.05) is 25.1 Å². The van der Waals surface area contributed by atoms with Gasteiger partial charge in [-0.25, -0.2) is 0 Å². The van der Waals surface area contributed by atoms with Crippen LogP contribution in [0.25, 0.3) is 0 Å². The molecule has 2 rings (SSSR count). The molecular formula is C14H18ClNO3. The molecule has 4 nitrogen and oxygen atoms in total. The predicted molar refractivity (Wildman–Crippen MR) is 73.5 cm³/mol. The molecule has 0 spiro atoms. The van der Waals surface area contributed by atoms with Crippen molar-refractivity contribution in [3.8, 4) is 0 Å². The van der Waals surface area contributed by atoms with E-state index in [1.165, 1.54) is 5.56 Å². The van der Waals surface area contributed by atoms with Crippen molar-refractivity contribution in [2.24, 2.45) is 0 Å². The lowest BCUT2D eigenvalue weighted by molar-refractivity contribution is -0.142. The van der Waals surface area contributed by atoms with Crippen LogP contribution in [0, 0.1) is 6.92 Å². The van der Waals surface area contributed by atoms with Crippen molar-refractivity contribution in [1.29, 1.82) is 0 Å². The van der Waals surface area contributed by atoms with Gasteiger partial charge in [-0.3, -0.25) is 9.69 Å². The van der Waals surface area contributed by atoms with Crippen LogP contribution in [0.2, 0.25) is 5.02 Å². The molecule has 1 unspecified atom stereocenters. The van der Waals surface area contributed by atoms with Crippen LogP contribution in [0.1, 0.15) is 17.5 Å². The second-order valence-electron chi connectivity index (χ2n) is 4.90. The summed E-state index contributed by atoms with van der Waals surface area (Å²) in [6.45, 7) is 4.93. The molecule has 1 aromatic carbocycles. The number of hydrogen-bond acceptors (Lipinski definition) is 3. The summed E-state index contributed by atoms with van der Waals surface area (Å²) in [7, 11) is 0. The second kappa shape index (κ2) is 6.37. The molecule has 1 N–H and O–H groups in total. The van der Waals surface area contributed by atoms with Crippen molar-refractivity contribution in [2.75, 3.05) is 19.7 Å². The highest BCUT2D eigenvalue weighted by Gasteiger charge is 2.22. The van der Waals surface area contributed by atoms with Crippen LogP contribution >= 0.6 is 11.6 Å². The highest BCUT2D eigenvalue weighted by Crippen LogP contribution is 2.18. The number of hydrogen-bond donors (Lipinski definition) is 1. The van der Waals surface area contributed by atoms with E-state index in [0.29, 0.717) is 13.2 Å². The van der Waals surface area contributed by atoms with Crippen LogP contribution in [0.5, 0.6) is 0 Å². The average molecular weight is 284 g/mol. The number of carboxylic acids is 1. The first kappa shape index (κ1) is 14.3. The highest BCUT2D eigenvalue weighted by atomic mass is 35.5. The minimum atomic E-state index is -0.811. The fourth-order valence-electron chi connectivity index (χ4n) is 2.32. The van der Waals surface area contributed by atoms with E-state index in [-0.39, 0.29) is 12.5 Å². The zero-order valence-electron chi connectivity index (χ0n) is 10.9. The molecule has 1 aliphatic rings. The number of carboxylic acid groups (broad SMARTS) is 1. The number of aliphatic carboxylic acids is 1. The van der Waals surface area contributed by atoms with E-state index >= 15 is 0 Å². The average Bonchev–Trinajstić information content (AvgIpc) is 2.32. The Balaban J connectivity index is 1.96. The number of morpholine rings is 1. The molecule has 0 saturated carbocycles. The third-order valence-corrected chi connectivity index (χ3v) is 3.56. The van der Waals surface area contributed by atoms with Gasteiger partial charge in [0.1, 0.15) is 0 Å². The number of ether oxygens (including phenoxy) is 1. The molecule has 0 aliphatic carbocycles. The number of halogens is 1. The molecular weight excluding hydrogens is 266 g/mol. The van der Waals surface area contributed by atoms with Gasteiger partial charge in [-0.15, -0.1) is 0 Å². The summed E-state index contributed by atoms with van der Waals surface area (Å²) in [6, 6.07) is 5.87. The largest absolute Gasteiger partial charge is 0.481 e. The van der Waals surface area contributed by atoms with Gasteiger partial charge in [-0.2, -0.15) is 0 Å². The van der Waals surface area contributed by atoms with Crippen molar-refractivity contribution >= 4 is 17.6 Å². The van der Waals surface area contributed by atoms with Crippen LogP contribution in [-0.4, -0.2) is 41.8 Å². The maximum absolute atomic E-state index is 10.7. The quantitative estimate of drug-likeness (QED) is 0.921. The van der Waals surface area contributed by atoms with Crippen molar-refractivity contribution in [2.45, 2.75) is 26.0 Å². The van der Waals surface area contributed by atoms with E-state index < -0.39 is 5.97 Å². The Morgan fingerprint density at radius 1 is 1.58 bits per heavy atom. The van der Waals surface area contributed by atoms with Crippen LogP contribution < -0.4 is 0 Å². The van der Waals surface area contributed by atoms with Crippen molar-refractivity contribution in [1.82, 2.24) is 4.90 Å². The van der Waals surface area contributed by atoms with Gasteiger partial charge in [0.05, 0.1) is 19.1 Å². The topological polar surface area (TPSA) is 49.8 Å². The predicted octanol–water partition coefficient (Wildman–Crippen LogP) is 2.32. The van der Waals surface area contributed by atoms with Gasteiger partial charge in [0.2, 0.25) is 0 Å². The molecule has 0 bridgehead atoms. The highest BCUT2D eigenvalue weighted by molar-refractivity contribution is 6.30. The van der Waals surface area contributed by atoms with Crippen LogP contribution in [0.3, 0.4) is 0 Å². The third kappa shape index (κ3) is 4.20. The minimum Gasteiger partial charge on any atom is -0.481 e. The normalized spacial score (nSPS) is 20.4. The van der Waals surface area contributed by atoms with Gasteiger partial charge < -0.3 is 9.84 Å². The van der Waals surface area contributed by atoms with Gasteiger partial charge in [0.25, 0.3) is 0 Å². The minimum absolute atomic E-state index is 0.0656.